The molecule has 0 fully saturated rings. The van der Waals surface area contributed by atoms with Crippen LogP contribution in [-0.2, 0) is 13.0 Å². The predicted molar refractivity (Wildman–Crippen MR) is 53.4 cm³/mol. The molecule has 0 radical (unpaired) electrons. The van der Waals surface area contributed by atoms with Crippen LogP contribution in [0, 0.1) is 0 Å². The van der Waals surface area contributed by atoms with E-state index in [0.717, 1.165) is 18.5 Å². The van der Waals surface area contributed by atoms with Crippen LogP contribution < -0.4 is 5.32 Å². The first kappa shape index (κ1) is 9.21. The number of carboxylic acid groups (broad SMARTS) is 1. The van der Waals surface area contributed by atoms with Crippen LogP contribution in [0.3, 0.4) is 0 Å². The molecule has 0 aliphatic carbocycles. The molecular weight excluding hydrogens is 178 g/mol. The third kappa shape index (κ3) is 1.63. The number of aromatic carboxylic acids is 1. The Bertz CT molecular complexity index is 374. The molecule has 3 nitrogen and oxygen atoms in total. The second kappa shape index (κ2) is 3.42. The van der Waals surface area contributed by atoms with Gasteiger partial charge in [0.25, 0.3) is 0 Å². The molecule has 1 aromatic carbocycles. The molecule has 1 aromatic rings. The topological polar surface area (TPSA) is 49.3 Å². The molecule has 2 rings (SSSR count). The minimum Gasteiger partial charge on any atom is -0.478 e. The monoisotopic (exact) mass is 191 g/mol. The molecule has 0 saturated heterocycles. The quantitative estimate of drug-likeness (QED) is 0.705. The first-order valence-electron chi connectivity index (χ1n) is 4.75. The van der Waals surface area contributed by atoms with Gasteiger partial charge < -0.3 is 10.4 Å². The zero-order valence-electron chi connectivity index (χ0n) is 8.08. The van der Waals surface area contributed by atoms with E-state index in [2.05, 4.69) is 12.2 Å². The van der Waals surface area contributed by atoms with Crippen molar-refractivity contribution in [2.75, 3.05) is 0 Å². The van der Waals surface area contributed by atoms with Crippen LogP contribution in [0.2, 0.25) is 0 Å². The van der Waals surface area contributed by atoms with Gasteiger partial charge in [0.05, 0.1) is 5.56 Å². The highest BCUT2D eigenvalue weighted by Gasteiger charge is 2.15. The van der Waals surface area contributed by atoms with Crippen LogP contribution in [-0.4, -0.2) is 17.1 Å². The Morgan fingerprint density at radius 3 is 3.00 bits per heavy atom. The van der Waals surface area contributed by atoms with Crippen LogP contribution >= 0.6 is 0 Å². The van der Waals surface area contributed by atoms with Crippen LogP contribution in [0.1, 0.15) is 28.4 Å². The number of fused-ring (bicyclic) bond motifs is 1. The van der Waals surface area contributed by atoms with Gasteiger partial charge in [-0.1, -0.05) is 6.07 Å². The van der Waals surface area contributed by atoms with E-state index in [1.54, 1.807) is 12.1 Å². The number of hydrogen-bond acceptors (Lipinski definition) is 2. The van der Waals surface area contributed by atoms with E-state index in [4.69, 9.17) is 5.11 Å². The summed E-state index contributed by atoms with van der Waals surface area (Å²) in [5.74, 6) is -0.855. The van der Waals surface area contributed by atoms with Crippen molar-refractivity contribution in [3.63, 3.8) is 0 Å². The van der Waals surface area contributed by atoms with Gasteiger partial charge in [0.2, 0.25) is 0 Å². The molecule has 0 saturated carbocycles. The third-order valence-electron chi connectivity index (χ3n) is 2.62. The summed E-state index contributed by atoms with van der Waals surface area (Å²) >= 11 is 0. The standard InChI is InChI=1S/C11H13NO2/c1-7-4-8-2-3-9(11(13)14)5-10(8)6-12-7/h2-3,5,7,12H,4,6H2,1H3,(H,13,14). The van der Waals surface area contributed by atoms with Crippen molar-refractivity contribution in [2.24, 2.45) is 0 Å². The second-order valence-electron chi connectivity index (χ2n) is 3.77. The molecule has 2 N–H and O–H groups in total. The predicted octanol–water partition coefficient (Wildman–Crippen LogP) is 1.42. The maximum absolute atomic E-state index is 10.7. The van der Waals surface area contributed by atoms with Gasteiger partial charge in [-0.05, 0) is 36.6 Å². The Morgan fingerprint density at radius 1 is 1.50 bits per heavy atom. The Labute approximate surface area is 82.8 Å². The third-order valence-corrected chi connectivity index (χ3v) is 2.62. The average molecular weight is 191 g/mol. The lowest BCUT2D eigenvalue weighted by molar-refractivity contribution is 0.0696. The molecule has 14 heavy (non-hydrogen) atoms. The number of nitrogens with one attached hydrogen (secondary N) is 1. The number of benzene rings is 1. The van der Waals surface area contributed by atoms with Gasteiger partial charge in [0.1, 0.15) is 0 Å². The summed E-state index contributed by atoms with van der Waals surface area (Å²) in [6.07, 6.45) is 0.981. The largest absolute Gasteiger partial charge is 0.478 e. The number of carboxylic acids is 1. The molecule has 1 aliphatic rings. The highest BCUT2D eigenvalue weighted by molar-refractivity contribution is 5.87. The minimum absolute atomic E-state index is 0.375. The molecule has 74 valence electrons. The summed E-state index contributed by atoms with van der Waals surface area (Å²) in [6, 6.07) is 5.85. The first-order chi connectivity index (χ1) is 6.66. The SMILES string of the molecule is CC1Cc2ccc(C(=O)O)cc2CN1. The van der Waals surface area contributed by atoms with Crippen LogP contribution in [0.15, 0.2) is 18.2 Å². The Morgan fingerprint density at radius 2 is 2.29 bits per heavy atom. The summed E-state index contributed by atoms with van der Waals surface area (Å²) in [6.45, 7) is 2.91. The van der Waals surface area contributed by atoms with E-state index >= 15 is 0 Å². The fourth-order valence-corrected chi connectivity index (χ4v) is 1.81. The van der Waals surface area contributed by atoms with E-state index in [1.807, 2.05) is 6.07 Å². The molecule has 1 unspecified atom stereocenters. The van der Waals surface area contributed by atoms with Gasteiger partial charge in [-0.3, -0.25) is 0 Å². The fourth-order valence-electron chi connectivity index (χ4n) is 1.81. The molecule has 1 atom stereocenters. The maximum Gasteiger partial charge on any atom is 0.335 e. The van der Waals surface area contributed by atoms with E-state index in [-0.39, 0.29) is 0 Å². The van der Waals surface area contributed by atoms with E-state index in [0.29, 0.717) is 11.6 Å². The summed E-state index contributed by atoms with van der Waals surface area (Å²) in [7, 11) is 0. The fraction of sp³-hybridized carbons (Fsp3) is 0.364. The zero-order chi connectivity index (χ0) is 10.1. The Balaban J connectivity index is 2.36. The number of rotatable bonds is 1. The van der Waals surface area contributed by atoms with E-state index in [1.165, 1.54) is 5.56 Å². The van der Waals surface area contributed by atoms with Gasteiger partial charge in [0, 0.05) is 12.6 Å². The number of carbonyl (C=O) groups is 1. The summed E-state index contributed by atoms with van der Waals surface area (Å²) in [5.41, 5.74) is 2.75. The zero-order valence-corrected chi connectivity index (χ0v) is 8.08. The van der Waals surface area contributed by atoms with E-state index < -0.39 is 5.97 Å². The molecule has 1 aliphatic heterocycles. The molecule has 0 bridgehead atoms. The van der Waals surface area contributed by atoms with Crippen molar-refractivity contribution in [2.45, 2.75) is 25.9 Å². The van der Waals surface area contributed by atoms with E-state index in [9.17, 15) is 4.79 Å². The molecule has 1 heterocycles. The summed E-state index contributed by atoms with van der Waals surface area (Å²) in [4.78, 5) is 10.7. The van der Waals surface area contributed by atoms with Crippen molar-refractivity contribution in [1.82, 2.24) is 5.32 Å². The second-order valence-corrected chi connectivity index (χ2v) is 3.77. The maximum atomic E-state index is 10.7. The van der Waals surface area contributed by atoms with Crippen molar-refractivity contribution in [3.8, 4) is 0 Å². The Hall–Kier alpha value is -1.35. The molecule has 0 spiro atoms. The van der Waals surface area contributed by atoms with Gasteiger partial charge >= 0.3 is 5.97 Å². The van der Waals surface area contributed by atoms with Gasteiger partial charge in [-0.2, -0.15) is 0 Å². The number of hydrogen-bond donors (Lipinski definition) is 2. The molecular formula is C11H13NO2. The lowest BCUT2D eigenvalue weighted by Gasteiger charge is -2.23. The summed E-state index contributed by atoms with van der Waals surface area (Å²) in [5, 5.41) is 12.1. The highest BCUT2D eigenvalue weighted by Crippen LogP contribution is 2.18. The van der Waals surface area contributed by atoms with Crippen molar-refractivity contribution in [1.29, 1.82) is 0 Å². The van der Waals surface area contributed by atoms with Crippen LogP contribution in [0.5, 0.6) is 0 Å². The van der Waals surface area contributed by atoms with Gasteiger partial charge in [-0.15, -0.1) is 0 Å². The minimum atomic E-state index is -0.855. The molecule has 3 heteroatoms. The lowest BCUT2D eigenvalue weighted by atomic mass is 9.95. The van der Waals surface area contributed by atoms with Gasteiger partial charge in [0.15, 0.2) is 0 Å². The average Bonchev–Trinajstić information content (AvgIpc) is 2.16. The normalized spacial score (nSPS) is 20.2. The molecule has 0 amide bonds. The summed E-state index contributed by atoms with van der Waals surface area (Å²) < 4.78 is 0. The van der Waals surface area contributed by atoms with Crippen LogP contribution in [0.25, 0.3) is 0 Å². The first-order valence-corrected chi connectivity index (χ1v) is 4.75. The highest BCUT2D eigenvalue weighted by atomic mass is 16.4. The van der Waals surface area contributed by atoms with Crippen molar-refractivity contribution >= 4 is 5.97 Å². The molecule has 0 aromatic heterocycles. The smallest absolute Gasteiger partial charge is 0.335 e. The van der Waals surface area contributed by atoms with Crippen LogP contribution in [0.4, 0.5) is 0 Å². The van der Waals surface area contributed by atoms with Crippen molar-refractivity contribution < 1.29 is 9.90 Å². The Kier molecular flexibility index (Phi) is 2.25. The lowest BCUT2D eigenvalue weighted by Crippen LogP contribution is -2.32. The van der Waals surface area contributed by atoms with Gasteiger partial charge in [-0.25, -0.2) is 4.79 Å². The van der Waals surface area contributed by atoms with Crippen molar-refractivity contribution in [3.05, 3.63) is 34.9 Å².